The van der Waals surface area contributed by atoms with Gasteiger partial charge in [0.25, 0.3) is 5.91 Å². The van der Waals surface area contributed by atoms with Crippen molar-refractivity contribution in [1.29, 1.82) is 0 Å². The molecule has 1 saturated heterocycles. The van der Waals surface area contributed by atoms with Crippen LogP contribution in [0.15, 0.2) is 42.5 Å². The highest BCUT2D eigenvalue weighted by Gasteiger charge is 2.30. The smallest absolute Gasteiger partial charge is 0.254 e. The van der Waals surface area contributed by atoms with Gasteiger partial charge in [-0.3, -0.25) is 14.5 Å². The number of hydrogen-bond donors (Lipinski definition) is 1. The molecule has 0 bridgehead atoms. The Morgan fingerprint density at radius 1 is 1.03 bits per heavy atom. The lowest BCUT2D eigenvalue weighted by Crippen LogP contribution is -2.49. The van der Waals surface area contributed by atoms with Gasteiger partial charge in [0.1, 0.15) is 0 Å². The highest BCUT2D eigenvalue weighted by atomic mass is 16.3. The van der Waals surface area contributed by atoms with E-state index in [1.54, 1.807) is 6.92 Å². The Balaban J connectivity index is 1.17. The van der Waals surface area contributed by atoms with Crippen LogP contribution < -0.4 is 0 Å². The molecule has 0 saturated carbocycles. The van der Waals surface area contributed by atoms with Crippen molar-refractivity contribution in [2.75, 3.05) is 39.3 Å². The van der Waals surface area contributed by atoms with Crippen LogP contribution in [0.1, 0.15) is 39.5 Å². The molecule has 5 rings (SSSR count). The third kappa shape index (κ3) is 4.82. The van der Waals surface area contributed by atoms with Crippen LogP contribution in [0, 0.1) is 5.92 Å². The molecule has 3 aliphatic rings. The van der Waals surface area contributed by atoms with Crippen molar-refractivity contribution in [3.8, 4) is 0 Å². The second-order valence-corrected chi connectivity index (χ2v) is 9.89. The van der Waals surface area contributed by atoms with Crippen molar-refractivity contribution in [3.05, 3.63) is 70.3 Å². The largest absolute Gasteiger partial charge is 0.390 e. The van der Waals surface area contributed by atoms with Crippen molar-refractivity contribution >= 4 is 11.8 Å². The summed E-state index contributed by atoms with van der Waals surface area (Å²) >= 11 is 0. The first-order valence-electron chi connectivity index (χ1n) is 12.1. The first kappa shape index (κ1) is 22.1. The highest BCUT2D eigenvalue weighted by Crippen LogP contribution is 2.25. The van der Waals surface area contributed by atoms with Crippen molar-refractivity contribution in [1.82, 2.24) is 14.7 Å². The summed E-state index contributed by atoms with van der Waals surface area (Å²) < 4.78 is 0. The van der Waals surface area contributed by atoms with Gasteiger partial charge in [-0.1, -0.05) is 36.4 Å². The number of nitrogens with zero attached hydrogens (tertiary/aromatic N) is 3. The van der Waals surface area contributed by atoms with Crippen molar-refractivity contribution in [2.45, 2.75) is 38.8 Å². The molecule has 1 atom stereocenters. The monoisotopic (exact) mass is 447 g/mol. The maximum Gasteiger partial charge on any atom is 0.254 e. The molecule has 3 aliphatic heterocycles. The van der Waals surface area contributed by atoms with E-state index in [1.807, 2.05) is 15.9 Å². The number of likely N-dealkylation sites (tertiary alicyclic amines) is 1. The molecule has 1 N–H and O–H groups in total. The summed E-state index contributed by atoms with van der Waals surface area (Å²) in [4.78, 5) is 30.6. The van der Waals surface area contributed by atoms with E-state index in [4.69, 9.17) is 0 Å². The summed E-state index contributed by atoms with van der Waals surface area (Å²) in [6, 6.07) is 14.8. The SMILES string of the molecule is CC(=O)N1CC(Cc2ccc3c(c2)C(=O)N(CC(O)CN2CCc4ccccc4C2)CC3)C1. The quantitative estimate of drug-likeness (QED) is 0.737. The molecule has 3 heterocycles. The molecule has 1 fully saturated rings. The Bertz CT molecular complexity index is 1050. The summed E-state index contributed by atoms with van der Waals surface area (Å²) in [7, 11) is 0. The summed E-state index contributed by atoms with van der Waals surface area (Å²) in [6.07, 6.45) is 2.17. The predicted molar refractivity (Wildman–Crippen MR) is 127 cm³/mol. The summed E-state index contributed by atoms with van der Waals surface area (Å²) in [6.45, 7) is 6.63. The van der Waals surface area contributed by atoms with Gasteiger partial charge < -0.3 is 14.9 Å². The van der Waals surface area contributed by atoms with Gasteiger partial charge in [0.05, 0.1) is 6.10 Å². The molecule has 0 radical (unpaired) electrons. The van der Waals surface area contributed by atoms with Crippen molar-refractivity contribution < 1.29 is 14.7 Å². The van der Waals surface area contributed by atoms with E-state index in [9.17, 15) is 14.7 Å². The van der Waals surface area contributed by atoms with E-state index in [2.05, 4.69) is 41.3 Å². The van der Waals surface area contributed by atoms with Crippen LogP contribution in [0.2, 0.25) is 0 Å². The summed E-state index contributed by atoms with van der Waals surface area (Å²) in [5, 5.41) is 10.8. The van der Waals surface area contributed by atoms with Gasteiger partial charge in [-0.05, 0) is 53.5 Å². The average molecular weight is 448 g/mol. The van der Waals surface area contributed by atoms with Crippen molar-refractivity contribution in [2.24, 2.45) is 5.92 Å². The number of rotatable bonds is 6. The second-order valence-electron chi connectivity index (χ2n) is 9.89. The molecular weight excluding hydrogens is 414 g/mol. The van der Waals surface area contributed by atoms with Gasteiger partial charge in [0, 0.05) is 58.3 Å². The van der Waals surface area contributed by atoms with Crippen molar-refractivity contribution in [3.63, 3.8) is 0 Å². The van der Waals surface area contributed by atoms with Gasteiger partial charge >= 0.3 is 0 Å². The predicted octanol–water partition coefficient (Wildman–Crippen LogP) is 2.12. The molecule has 2 aromatic carbocycles. The second kappa shape index (κ2) is 9.27. The van der Waals surface area contributed by atoms with E-state index < -0.39 is 6.10 Å². The topological polar surface area (TPSA) is 64.1 Å². The van der Waals surface area contributed by atoms with Crippen LogP contribution in [-0.4, -0.2) is 77.0 Å². The minimum Gasteiger partial charge on any atom is -0.390 e. The number of carbonyl (C=O) groups excluding carboxylic acids is 2. The van der Waals surface area contributed by atoms with Crippen LogP contribution in [-0.2, 0) is 30.6 Å². The average Bonchev–Trinajstić information content (AvgIpc) is 2.77. The molecule has 33 heavy (non-hydrogen) atoms. The fourth-order valence-electron chi connectivity index (χ4n) is 5.48. The van der Waals surface area contributed by atoms with E-state index in [0.29, 0.717) is 25.6 Å². The zero-order chi connectivity index (χ0) is 22.9. The van der Waals surface area contributed by atoms with E-state index in [-0.39, 0.29) is 11.8 Å². The Hall–Kier alpha value is -2.70. The molecule has 0 spiro atoms. The fourth-order valence-corrected chi connectivity index (χ4v) is 5.48. The maximum absolute atomic E-state index is 13.2. The van der Waals surface area contributed by atoms with Crippen LogP contribution in [0.25, 0.3) is 0 Å². The zero-order valence-corrected chi connectivity index (χ0v) is 19.4. The molecule has 2 aromatic rings. The molecule has 0 aliphatic carbocycles. The molecule has 1 unspecified atom stereocenters. The third-order valence-corrected chi connectivity index (χ3v) is 7.38. The normalized spacial score (nSPS) is 19.6. The van der Waals surface area contributed by atoms with Gasteiger partial charge in [-0.25, -0.2) is 0 Å². The van der Waals surface area contributed by atoms with Crippen LogP contribution >= 0.6 is 0 Å². The van der Waals surface area contributed by atoms with Gasteiger partial charge in [-0.2, -0.15) is 0 Å². The fraction of sp³-hybridized carbons (Fsp3) is 0.481. The Kier molecular flexibility index (Phi) is 6.21. The van der Waals surface area contributed by atoms with Gasteiger partial charge in [0.15, 0.2) is 0 Å². The number of benzene rings is 2. The van der Waals surface area contributed by atoms with Crippen LogP contribution in [0.3, 0.4) is 0 Å². The maximum atomic E-state index is 13.2. The van der Waals surface area contributed by atoms with E-state index >= 15 is 0 Å². The summed E-state index contributed by atoms with van der Waals surface area (Å²) in [5.41, 5.74) is 5.77. The zero-order valence-electron chi connectivity index (χ0n) is 19.4. The number of aliphatic hydroxyl groups is 1. The highest BCUT2D eigenvalue weighted by molar-refractivity contribution is 5.97. The van der Waals surface area contributed by atoms with Gasteiger partial charge in [0.2, 0.25) is 5.91 Å². The molecular formula is C27H33N3O3. The lowest BCUT2D eigenvalue weighted by atomic mass is 9.89. The number of β-amino-alcohol motifs (C(OH)–C–C–N with tert-alkyl or cyclic N) is 1. The lowest BCUT2D eigenvalue weighted by molar-refractivity contribution is -0.134. The Morgan fingerprint density at radius 3 is 2.58 bits per heavy atom. The van der Waals surface area contributed by atoms with Crippen LogP contribution in [0.4, 0.5) is 0 Å². The lowest BCUT2D eigenvalue weighted by Gasteiger charge is -2.39. The molecule has 6 nitrogen and oxygen atoms in total. The minimum absolute atomic E-state index is 0.0279. The molecule has 6 heteroatoms. The van der Waals surface area contributed by atoms with Gasteiger partial charge in [-0.15, -0.1) is 0 Å². The third-order valence-electron chi connectivity index (χ3n) is 7.38. The van der Waals surface area contributed by atoms with E-state index in [0.717, 1.165) is 62.1 Å². The Morgan fingerprint density at radius 2 is 1.79 bits per heavy atom. The molecule has 174 valence electrons. The standard InChI is InChI=1S/C27H33N3O3/c1-19(31)30-14-21(15-30)12-20-6-7-23-9-11-29(27(33)26(23)13-20)18-25(32)17-28-10-8-22-4-2-3-5-24(22)16-28/h2-7,13,21,25,32H,8-12,14-18H2,1H3. The van der Waals surface area contributed by atoms with E-state index in [1.165, 1.54) is 11.1 Å². The first-order chi connectivity index (χ1) is 16.0. The summed E-state index contributed by atoms with van der Waals surface area (Å²) in [5.74, 6) is 0.633. The minimum atomic E-state index is -0.559. The number of carbonyl (C=O) groups is 2. The molecule has 0 aromatic heterocycles. The number of hydrogen-bond acceptors (Lipinski definition) is 4. The Labute approximate surface area is 195 Å². The number of amides is 2. The first-order valence-corrected chi connectivity index (χ1v) is 12.1. The van der Waals surface area contributed by atoms with Crippen LogP contribution in [0.5, 0.6) is 0 Å². The molecule has 2 amide bonds. The number of fused-ring (bicyclic) bond motifs is 2. The number of aliphatic hydroxyl groups excluding tert-OH is 1.